The van der Waals surface area contributed by atoms with Crippen molar-refractivity contribution in [2.75, 3.05) is 6.54 Å². The second-order valence-electron chi connectivity index (χ2n) is 4.79. The van der Waals surface area contributed by atoms with Gasteiger partial charge in [0, 0.05) is 6.54 Å². The molecule has 8 nitrogen and oxygen atoms in total. The van der Waals surface area contributed by atoms with Gasteiger partial charge in [0.25, 0.3) is 5.91 Å². The summed E-state index contributed by atoms with van der Waals surface area (Å²) in [4.78, 5) is 23.9. The highest BCUT2D eigenvalue weighted by Gasteiger charge is 2.32. The lowest BCUT2D eigenvalue weighted by Crippen LogP contribution is -2.40. The minimum atomic E-state index is -0.984. The van der Waals surface area contributed by atoms with E-state index in [0.717, 1.165) is 0 Å². The smallest absolute Gasteiger partial charge is 0.311 e. The number of carbonyl (C=O) groups excluding carboxylic acids is 1. The third-order valence-corrected chi connectivity index (χ3v) is 4.28. The normalized spacial score (nSPS) is 13.6. The number of hydrogen-bond acceptors (Lipinski definition) is 6. The summed E-state index contributed by atoms with van der Waals surface area (Å²) in [5, 5.41) is 24.4. The molecule has 2 rings (SSSR count). The summed E-state index contributed by atoms with van der Waals surface area (Å²) in [6, 6.07) is 1.73. The summed E-state index contributed by atoms with van der Waals surface area (Å²) in [5.74, 6) is -1.27. The minimum absolute atomic E-state index is 0.0601. The third-order valence-electron chi connectivity index (χ3n) is 3.38. The van der Waals surface area contributed by atoms with E-state index in [1.165, 1.54) is 22.3 Å². The van der Waals surface area contributed by atoms with Crippen molar-refractivity contribution in [3.63, 3.8) is 0 Å². The number of nitrogens with one attached hydrogen (secondary N) is 1. The van der Waals surface area contributed by atoms with Crippen molar-refractivity contribution in [2.45, 2.75) is 20.3 Å². The second-order valence-corrected chi connectivity index (χ2v) is 5.71. The Morgan fingerprint density at radius 2 is 2.29 bits per heavy atom. The molecular formula is C12H15N5O3S. The van der Waals surface area contributed by atoms with E-state index < -0.39 is 11.4 Å². The summed E-state index contributed by atoms with van der Waals surface area (Å²) in [6.45, 7) is 3.44. The fourth-order valence-corrected chi connectivity index (χ4v) is 2.43. The van der Waals surface area contributed by atoms with Crippen molar-refractivity contribution in [3.05, 3.63) is 22.7 Å². The molecule has 1 unspecified atom stereocenters. The van der Waals surface area contributed by atoms with Crippen molar-refractivity contribution in [1.29, 1.82) is 0 Å². The molecule has 1 atom stereocenters. The molecule has 2 heterocycles. The molecule has 21 heavy (non-hydrogen) atoms. The maximum Gasteiger partial charge on any atom is 0.311 e. The highest BCUT2D eigenvalue weighted by atomic mass is 32.1. The maximum atomic E-state index is 12.2. The van der Waals surface area contributed by atoms with Crippen molar-refractivity contribution in [2.24, 2.45) is 5.41 Å². The molecule has 0 fully saturated rings. The Morgan fingerprint density at radius 3 is 2.86 bits per heavy atom. The molecule has 0 saturated carbocycles. The van der Waals surface area contributed by atoms with Crippen LogP contribution in [0.5, 0.6) is 0 Å². The molecule has 112 valence electrons. The van der Waals surface area contributed by atoms with Gasteiger partial charge in [-0.15, -0.1) is 16.4 Å². The van der Waals surface area contributed by atoms with Gasteiger partial charge in [0.2, 0.25) is 0 Å². The first-order valence-electron chi connectivity index (χ1n) is 6.30. The number of amides is 1. The molecule has 9 heteroatoms. The number of aromatic nitrogens is 4. The molecular weight excluding hydrogens is 294 g/mol. The molecule has 0 aliphatic carbocycles. The summed E-state index contributed by atoms with van der Waals surface area (Å²) >= 11 is 1.25. The van der Waals surface area contributed by atoms with Crippen LogP contribution < -0.4 is 5.32 Å². The molecule has 0 saturated heterocycles. The van der Waals surface area contributed by atoms with Gasteiger partial charge < -0.3 is 10.4 Å². The van der Waals surface area contributed by atoms with E-state index in [4.69, 9.17) is 0 Å². The SMILES string of the molecule is CCC(C)(CNC(=O)c1sccc1-n1cnnn1)C(=O)O. The van der Waals surface area contributed by atoms with Crippen LogP contribution in [0.4, 0.5) is 0 Å². The first kappa shape index (κ1) is 15.1. The van der Waals surface area contributed by atoms with Crippen LogP contribution in [0.1, 0.15) is 29.9 Å². The topological polar surface area (TPSA) is 110 Å². The fourth-order valence-electron chi connectivity index (χ4n) is 1.63. The molecule has 2 N–H and O–H groups in total. The van der Waals surface area contributed by atoms with Crippen LogP contribution >= 0.6 is 11.3 Å². The van der Waals surface area contributed by atoms with Crippen LogP contribution in [0.25, 0.3) is 5.69 Å². The molecule has 2 aromatic heterocycles. The first-order chi connectivity index (χ1) is 9.98. The summed E-state index contributed by atoms with van der Waals surface area (Å²) in [6.07, 6.45) is 1.82. The molecule has 0 bridgehead atoms. The predicted octanol–water partition coefficient (Wildman–Crippen LogP) is 0.954. The lowest BCUT2D eigenvalue weighted by atomic mass is 9.88. The molecule has 0 aliphatic rings. The molecule has 2 aromatic rings. The predicted molar refractivity (Wildman–Crippen MR) is 75.4 cm³/mol. The summed E-state index contributed by atoms with van der Waals surface area (Å²) < 4.78 is 1.39. The molecule has 0 spiro atoms. The van der Waals surface area contributed by atoms with Gasteiger partial charge in [-0.2, -0.15) is 4.68 Å². The van der Waals surface area contributed by atoms with Gasteiger partial charge in [-0.1, -0.05) is 6.92 Å². The zero-order valence-corrected chi connectivity index (χ0v) is 12.4. The van der Waals surface area contributed by atoms with Crippen molar-refractivity contribution in [1.82, 2.24) is 25.5 Å². The fraction of sp³-hybridized carbons (Fsp3) is 0.417. The molecule has 0 aromatic carbocycles. The molecule has 0 radical (unpaired) electrons. The highest BCUT2D eigenvalue weighted by molar-refractivity contribution is 7.12. The number of nitrogens with zero attached hydrogens (tertiary/aromatic N) is 4. The Morgan fingerprint density at radius 1 is 1.52 bits per heavy atom. The van der Waals surface area contributed by atoms with E-state index in [1.54, 1.807) is 25.3 Å². The van der Waals surface area contributed by atoms with Gasteiger partial charge >= 0.3 is 5.97 Å². The summed E-state index contributed by atoms with van der Waals surface area (Å²) in [5.41, 5.74) is -0.418. The Kier molecular flexibility index (Phi) is 4.32. The second kappa shape index (κ2) is 6.00. The third kappa shape index (κ3) is 3.07. The van der Waals surface area contributed by atoms with Crippen molar-refractivity contribution < 1.29 is 14.7 Å². The number of rotatable bonds is 6. The lowest BCUT2D eigenvalue weighted by Gasteiger charge is -2.23. The maximum absolute atomic E-state index is 12.2. The zero-order valence-electron chi connectivity index (χ0n) is 11.6. The number of tetrazole rings is 1. The van der Waals surface area contributed by atoms with Gasteiger partial charge in [-0.25, -0.2) is 0 Å². The number of carbonyl (C=O) groups is 2. The van der Waals surface area contributed by atoms with E-state index in [-0.39, 0.29) is 12.5 Å². The van der Waals surface area contributed by atoms with Gasteiger partial charge in [0.05, 0.1) is 11.1 Å². The van der Waals surface area contributed by atoms with Gasteiger partial charge in [-0.3, -0.25) is 9.59 Å². The van der Waals surface area contributed by atoms with E-state index in [9.17, 15) is 14.7 Å². The van der Waals surface area contributed by atoms with Gasteiger partial charge in [0.1, 0.15) is 11.2 Å². The molecule has 0 aliphatic heterocycles. The summed E-state index contributed by atoms with van der Waals surface area (Å²) in [7, 11) is 0. The monoisotopic (exact) mass is 309 g/mol. The van der Waals surface area contributed by atoms with Gasteiger partial charge in [-0.05, 0) is 35.2 Å². The van der Waals surface area contributed by atoms with Crippen molar-refractivity contribution in [3.8, 4) is 5.69 Å². The van der Waals surface area contributed by atoms with Crippen LogP contribution in [0.3, 0.4) is 0 Å². The van der Waals surface area contributed by atoms with E-state index in [1.807, 2.05) is 0 Å². The lowest BCUT2D eigenvalue weighted by molar-refractivity contribution is -0.147. The Labute approximate surface area is 124 Å². The highest BCUT2D eigenvalue weighted by Crippen LogP contribution is 2.22. The first-order valence-corrected chi connectivity index (χ1v) is 7.18. The largest absolute Gasteiger partial charge is 0.481 e. The van der Waals surface area contributed by atoms with Crippen molar-refractivity contribution >= 4 is 23.2 Å². The van der Waals surface area contributed by atoms with Gasteiger partial charge in [0.15, 0.2) is 0 Å². The Balaban J connectivity index is 2.12. The van der Waals surface area contributed by atoms with E-state index in [0.29, 0.717) is 17.0 Å². The quantitative estimate of drug-likeness (QED) is 0.822. The molecule has 1 amide bonds. The average molecular weight is 309 g/mol. The van der Waals surface area contributed by atoms with Crippen LogP contribution in [0.2, 0.25) is 0 Å². The average Bonchev–Trinajstić information content (AvgIpc) is 3.13. The van der Waals surface area contributed by atoms with Crippen LogP contribution in [0.15, 0.2) is 17.8 Å². The Bertz CT molecular complexity index is 639. The number of carboxylic acids is 1. The standard InChI is InChI=1S/C12H15N5O3S/c1-3-12(2,11(19)20)6-13-10(18)9-8(4-5-21-9)17-7-14-15-16-17/h4-5,7H,3,6H2,1-2H3,(H,13,18)(H,19,20). The number of hydrogen-bond donors (Lipinski definition) is 2. The number of aliphatic carboxylic acids is 1. The van der Waals surface area contributed by atoms with E-state index >= 15 is 0 Å². The van der Waals surface area contributed by atoms with E-state index in [2.05, 4.69) is 20.8 Å². The number of thiophene rings is 1. The van der Waals surface area contributed by atoms with Crippen LogP contribution in [-0.2, 0) is 4.79 Å². The van der Waals surface area contributed by atoms with Crippen LogP contribution in [-0.4, -0.2) is 43.7 Å². The Hall–Kier alpha value is -2.29. The minimum Gasteiger partial charge on any atom is -0.481 e. The number of carboxylic acid groups (broad SMARTS) is 1. The zero-order chi connectivity index (χ0) is 15.5. The van der Waals surface area contributed by atoms with Crippen LogP contribution in [0, 0.1) is 5.41 Å².